The summed E-state index contributed by atoms with van der Waals surface area (Å²) in [7, 11) is 0. The van der Waals surface area contributed by atoms with Crippen LogP contribution < -0.4 is 20.1 Å². The van der Waals surface area contributed by atoms with Crippen LogP contribution in [0, 0.1) is 10.1 Å². The van der Waals surface area contributed by atoms with E-state index in [0.717, 1.165) is 31.4 Å². The summed E-state index contributed by atoms with van der Waals surface area (Å²) in [6.45, 7) is 5.31. The van der Waals surface area contributed by atoms with E-state index in [4.69, 9.17) is 9.47 Å². The van der Waals surface area contributed by atoms with Crippen LogP contribution in [-0.2, 0) is 12.8 Å². The molecule has 0 saturated heterocycles. The molecule has 254 valence electrons. The predicted molar refractivity (Wildman–Crippen MR) is 188 cm³/mol. The average Bonchev–Trinajstić information content (AvgIpc) is 3.08. The number of carbonyl (C=O) groups excluding carboxylic acids is 2. The number of phenols is 1. The van der Waals surface area contributed by atoms with Crippen LogP contribution in [0.15, 0.2) is 72.8 Å². The van der Waals surface area contributed by atoms with Crippen LogP contribution in [0.25, 0.3) is 10.8 Å². The summed E-state index contributed by atoms with van der Waals surface area (Å²) in [5.41, 5.74) is 2.77. The third-order valence-electron chi connectivity index (χ3n) is 8.11. The highest BCUT2D eigenvalue weighted by atomic mass is 16.6. The van der Waals surface area contributed by atoms with Crippen molar-refractivity contribution < 1.29 is 29.1 Å². The smallest absolute Gasteiger partial charge is 0.417 e. The SMILES string of the molecule is CCCCCc1ccc(OCCCCNC(=O)c2cc(OC(=O)Nc3ccc([N+](=O)[O-])cc3)c3ccccc3c2O)c(CCCCC)c1. The number of unbranched alkanes of at least 4 members (excludes halogenated alkanes) is 5. The van der Waals surface area contributed by atoms with Gasteiger partial charge in [0.25, 0.3) is 11.6 Å². The molecule has 0 spiro atoms. The second-order valence-electron chi connectivity index (χ2n) is 11.8. The number of nitro groups is 1. The highest BCUT2D eigenvalue weighted by Gasteiger charge is 2.20. The van der Waals surface area contributed by atoms with Gasteiger partial charge >= 0.3 is 6.09 Å². The number of aromatic hydroxyl groups is 1. The van der Waals surface area contributed by atoms with E-state index in [2.05, 4.69) is 42.7 Å². The van der Waals surface area contributed by atoms with E-state index < -0.39 is 16.9 Å². The van der Waals surface area contributed by atoms with Gasteiger partial charge in [-0.3, -0.25) is 20.2 Å². The molecule has 4 aromatic carbocycles. The predicted octanol–water partition coefficient (Wildman–Crippen LogP) is 9.12. The quantitative estimate of drug-likeness (QED) is 0.0552. The first-order chi connectivity index (χ1) is 23.3. The van der Waals surface area contributed by atoms with Crippen molar-refractivity contribution in [3.63, 3.8) is 0 Å². The molecule has 0 heterocycles. The first-order valence-corrected chi connectivity index (χ1v) is 16.8. The van der Waals surface area contributed by atoms with Crippen molar-refractivity contribution in [3.8, 4) is 17.2 Å². The molecular weight excluding hydrogens is 610 g/mol. The number of nitro benzene ring substituents is 1. The van der Waals surface area contributed by atoms with Gasteiger partial charge in [-0.05, 0) is 73.9 Å². The summed E-state index contributed by atoms with van der Waals surface area (Å²) in [5, 5.41) is 28.0. The summed E-state index contributed by atoms with van der Waals surface area (Å²) >= 11 is 0. The van der Waals surface area contributed by atoms with E-state index in [1.165, 1.54) is 73.6 Å². The molecule has 0 aliphatic heterocycles. The van der Waals surface area contributed by atoms with Gasteiger partial charge in [-0.2, -0.15) is 0 Å². The molecule has 0 bridgehead atoms. The fourth-order valence-corrected chi connectivity index (χ4v) is 5.47. The topological polar surface area (TPSA) is 140 Å². The van der Waals surface area contributed by atoms with Gasteiger partial charge in [-0.15, -0.1) is 0 Å². The maximum Gasteiger partial charge on any atom is 0.417 e. The number of hydrogen-bond acceptors (Lipinski definition) is 7. The van der Waals surface area contributed by atoms with E-state index in [0.29, 0.717) is 36.0 Å². The number of carbonyl (C=O) groups is 2. The zero-order chi connectivity index (χ0) is 34.3. The molecule has 0 saturated carbocycles. The lowest BCUT2D eigenvalue weighted by molar-refractivity contribution is -0.384. The van der Waals surface area contributed by atoms with Gasteiger partial charge < -0.3 is 19.9 Å². The lowest BCUT2D eigenvalue weighted by Crippen LogP contribution is -2.25. The third-order valence-corrected chi connectivity index (χ3v) is 8.11. The standard InChI is InChI=1S/C38H45N3O7/c1-3-5-7-13-27-17-22-34(28(25-27)14-8-6-4-2)47-24-12-11-23-39-37(43)33-26-35(31-15-9-10-16-32(31)36(33)42)48-38(44)40-29-18-20-30(21-19-29)41(45)46/h9-10,15-22,25-26,42H,3-8,11-14,23-24H2,1-2H3,(H,39,43)(H,40,44). The number of phenolic OH excluding ortho intramolecular Hbond substituents is 1. The van der Waals surface area contributed by atoms with Crippen molar-refractivity contribution in [1.82, 2.24) is 5.32 Å². The Morgan fingerprint density at radius 3 is 2.23 bits per heavy atom. The van der Waals surface area contributed by atoms with Crippen molar-refractivity contribution in [2.24, 2.45) is 0 Å². The zero-order valence-corrected chi connectivity index (χ0v) is 27.8. The van der Waals surface area contributed by atoms with Gasteiger partial charge in [0.2, 0.25) is 0 Å². The van der Waals surface area contributed by atoms with Crippen LogP contribution in [0.1, 0.15) is 86.7 Å². The highest BCUT2D eigenvalue weighted by molar-refractivity contribution is 6.06. The minimum absolute atomic E-state index is 0.0289. The molecule has 0 unspecified atom stereocenters. The molecule has 0 fully saturated rings. The van der Waals surface area contributed by atoms with Crippen molar-refractivity contribution >= 4 is 34.1 Å². The summed E-state index contributed by atoms with van der Waals surface area (Å²) in [6, 6.07) is 19.9. The Morgan fingerprint density at radius 2 is 1.52 bits per heavy atom. The van der Waals surface area contributed by atoms with Crippen molar-refractivity contribution in [1.29, 1.82) is 0 Å². The minimum atomic E-state index is -0.856. The maximum absolute atomic E-state index is 13.2. The minimum Gasteiger partial charge on any atom is -0.506 e. The van der Waals surface area contributed by atoms with Crippen LogP contribution in [0.2, 0.25) is 0 Å². The molecular formula is C38H45N3O7. The Labute approximate surface area is 281 Å². The normalized spacial score (nSPS) is 10.9. The first-order valence-electron chi connectivity index (χ1n) is 16.8. The first kappa shape index (κ1) is 35.7. The average molecular weight is 656 g/mol. The Kier molecular flexibility index (Phi) is 13.6. The summed E-state index contributed by atoms with van der Waals surface area (Å²) in [6.07, 6.45) is 9.76. The highest BCUT2D eigenvalue weighted by Crippen LogP contribution is 2.36. The molecule has 0 atom stereocenters. The van der Waals surface area contributed by atoms with Crippen molar-refractivity contribution in [2.75, 3.05) is 18.5 Å². The Hall–Kier alpha value is -5.12. The third kappa shape index (κ3) is 10.2. The van der Waals surface area contributed by atoms with E-state index >= 15 is 0 Å². The van der Waals surface area contributed by atoms with Crippen LogP contribution in [0.5, 0.6) is 17.2 Å². The number of benzene rings is 4. The molecule has 48 heavy (non-hydrogen) atoms. The van der Waals surface area contributed by atoms with E-state index in [1.807, 2.05) is 0 Å². The largest absolute Gasteiger partial charge is 0.506 e. The molecule has 4 aromatic rings. The monoisotopic (exact) mass is 655 g/mol. The van der Waals surface area contributed by atoms with Crippen molar-refractivity contribution in [2.45, 2.75) is 78.1 Å². The van der Waals surface area contributed by atoms with E-state index in [-0.39, 0.29) is 22.7 Å². The number of nitrogens with one attached hydrogen (secondary N) is 2. The molecule has 3 N–H and O–H groups in total. The maximum atomic E-state index is 13.2. The van der Waals surface area contributed by atoms with Crippen LogP contribution in [0.3, 0.4) is 0 Å². The number of ether oxygens (including phenoxy) is 2. The lowest BCUT2D eigenvalue weighted by Gasteiger charge is -2.15. The molecule has 0 aliphatic carbocycles. The number of aryl methyl sites for hydroxylation is 2. The summed E-state index contributed by atoms with van der Waals surface area (Å²) in [4.78, 5) is 36.2. The van der Waals surface area contributed by atoms with E-state index in [9.17, 15) is 24.8 Å². The number of anilines is 1. The van der Waals surface area contributed by atoms with Gasteiger partial charge in [-0.25, -0.2) is 4.79 Å². The Balaban J connectivity index is 1.33. The van der Waals surface area contributed by atoms with Crippen LogP contribution in [0.4, 0.5) is 16.2 Å². The molecule has 10 heteroatoms. The van der Waals surface area contributed by atoms with Gasteiger partial charge in [0.15, 0.2) is 0 Å². The number of hydrogen-bond donors (Lipinski definition) is 3. The molecule has 10 nitrogen and oxygen atoms in total. The lowest BCUT2D eigenvalue weighted by atomic mass is 10.00. The van der Waals surface area contributed by atoms with Gasteiger partial charge in [0.1, 0.15) is 17.2 Å². The van der Waals surface area contributed by atoms with E-state index in [1.54, 1.807) is 24.3 Å². The number of amides is 2. The molecule has 4 rings (SSSR count). The number of rotatable bonds is 18. The number of fused-ring (bicyclic) bond motifs is 1. The van der Waals surface area contributed by atoms with Gasteiger partial charge in [0.05, 0.1) is 17.1 Å². The fraction of sp³-hybridized carbons (Fsp3) is 0.368. The molecule has 2 amide bonds. The Morgan fingerprint density at radius 1 is 0.812 bits per heavy atom. The number of non-ortho nitro benzene ring substituents is 1. The van der Waals surface area contributed by atoms with Gasteiger partial charge in [0, 0.05) is 35.1 Å². The van der Waals surface area contributed by atoms with Gasteiger partial charge in [-0.1, -0.05) is 75.9 Å². The summed E-state index contributed by atoms with van der Waals surface area (Å²) in [5.74, 6) is 0.285. The van der Waals surface area contributed by atoms with Crippen molar-refractivity contribution in [3.05, 3.63) is 99.6 Å². The second kappa shape index (κ2) is 18.3. The zero-order valence-electron chi connectivity index (χ0n) is 27.8. The summed E-state index contributed by atoms with van der Waals surface area (Å²) < 4.78 is 11.7. The van der Waals surface area contributed by atoms with Crippen LogP contribution in [-0.4, -0.2) is 35.2 Å². The number of nitrogens with zero attached hydrogens (tertiary/aromatic N) is 1. The van der Waals surface area contributed by atoms with Crippen LogP contribution >= 0.6 is 0 Å². The fourth-order valence-electron chi connectivity index (χ4n) is 5.47. The molecule has 0 radical (unpaired) electrons. The Bertz CT molecular complexity index is 1690. The molecule has 0 aromatic heterocycles. The molecule has 0 aliphatic rings. The second-order valence-corrected chi connectivity index (χ2v) is 11.8.